The SMILES string of the molecule is O=S1(=O)CCCN(CCC2CCCCCC2)CC1. The number of rotatable bonds is 3. The summed E-state index contributed by atoms with van der Waals surface area (Å²) in [6.07, 6.45) is 10.5. The van der Waals surface area contributed by atoms with Crippen molar-refractivity contribution in [3.63, 3.8) is 0 Å². The molecule has 0 aromatic rings. The van der Waals surface area contributed by atoms with Gasteiger partial charge in [0, 0.05) is 6.54 Å². The molecule has 1 saturated heterocycles. The first-order valence-electron chi connectivity index (χ1n) is 7.58. The summed E-state index contributed by atoms with van der Waals surface area (Å²) in [5.41, 5.74) is 0. The fourth-order valence-corrected chi connectivity index (χ4v) is 4.54. The van der Waals surface area contributed by atoms with Gasteiger partial charge in [0.1, 0.15) is 0 Å². The van der Waals surface area contributed by atoms with Crippen molar-refractivity contribution in [2.45, 2.75) is 51.4 Å². The van der Waals surface area contributed by atoms with E-state index in [0.29, 0.717) is 11.5 Å². The first kappa shape index (κ1) is 14.3. The van der Waals surface area contributed by atoms with Crippen molar-refractivity contribution in [3.8, 4) is 0 Å². The fraction of sp³-hybridized carbons (Fsp3) is 1.00. The van der Waals surface area contributed by atoms with Crippen LogP contribution in [0, 0.1) is 5.92 Å². The standard InChI is InChI=1S/C14H27NO2S/c16-18(17)12-5-9-15(11-13-18)10-8-14-6-3-1-2-4-7-14/h14H,1-13H2. The predicted octanol–water partition coefficient (Wildman–Crippen LogP) is 2.47. The lowest BCUT2D eigenvalue weighted by atomic mass is 9.96. The van der Waals surface area contributed by atoms with Crippen LogP contribution in [0.15, 0.2) is 0 Å². The second kappa shape index (κ2) is 6.90. The van der Waals surface area contributed by atoms with Crippen LogP contribution >= 0.6 is 0 Å². The highest BCUT2D eigenvalue weighted by molar-refractivity contribution is 7.91. The second-order valence-corrected chi connectivity index (χ2v) is 8.30. The molecule has 1 aliphatic carbocycles. The molecule has 2 rings (SSSR count). The van der Waals surface area contributed by atoms with Gasteiger partial charge in [-0.15, -0.1) is 0 Å². The lowest BCUT2D eigenvalue weighted by Crippen LogP contribution is -2.29. The summed E-state index contributed by atoms with van der Waals surface area (Å²) in [5.74, 6) is 1.66. The van der Waals surface area contributed by atoms with Crippen LogP contribution in [0.5, 0.6) is 0 Å². The highest BCUT2D eigenvalue weighted by atomic mass is 32.2. The van der Waals surface area contributed by atoms with E-state index in [1.165, 1.54) is 44.9 Å². The molecular weight excluding hydrogens is 246 g/mol. The van der Waals surface area contributed by atoms with Gasteiger partial charge in [-0.25, -0.2) is 8.42 Å². The molecule has 2 fully saturated rings. The largest absolute Gasteiger partial charge is 0.302 e. The normalized spacial score (nSPS) is 27.6. The van der Waals surface area contributed by atoms with Gasteiger partial charge in [-0.2, -0.15) is 0 Å². The molecular formula is C14H27NO2S. The fourth-order valence-electron chi connectivity index (χ4n) is 3.23. The van der Waals surface area contributed by atoms with Gasteiger partial charge < -0.3 is 4.90 Å². The van der Waals surface area contributed by atoms with Gasteiger partial charge in [-0.05, 0) is 31.8 Å². The van der Waals surface area contributed by atoms with Crippen LogP contribution < -0.4 is 0 Å². The first-order valence-corrected chi connectivity index (χ1v) is 9.41. The van der Waals surface area contributed by atoms with Crippen LogP contribution in [0.25, 0.3) is 0 Å². The van der Waals surface area contributed by atoms with Gasteiger partial charge in [0.2, 0.25) is 0 Å². The van der Waals surface area contributed by atoms with E-state index in [1.807, 2.05) is 0 Å². The molecule has 0 aromatic carbocycles. The van der Waals surface area contributed by atoms with Crippen molar-refractivity contribution in [2.75, 3.05) is 31.1 Å². The minimum absolute atomic E-state index is 0.373. The van der Waals surface area contributed by atoms with E-state index in [4.69, 9.17) is 0 Å². The van der Waals surface area contributed by atoms with Gasteiger partial charge in [-0.3, -0.25) is 0 Å². The molecule has 1 aliphatic heterocycles. The molecule has 0 bridgehead atoms. The van der Waals surface area contributed by atoms with Gasteiger partial charge >= 0.3 is 0 Å². The molecule has 0 atom stereocenters. The molecule has 0 unspecified atom stereocenters. The van der Waals surface area contributed by atoms with E-state index in [0.717, 1.165) is 32.0 Å². The average Bonchev–Trinajstić information content (AvgIpc) is 2.67. The Morgan fingerprint density at radius 1 is 0.889 bits per heavy atom. The highest BCUT2D eigenvalue weighted by Gasteiger charge is 2.20. The molecule has 2 aliphatic rings. The summed E-state index contributed by atoms with van der Waals surface area (Å²) in [6.45, 7) is 2.85. The van der Waals surface area contributed by atoms with Crippen LogP contribution in [0.3, 0.4) is 0 Å². The molecule has 4 heteroatoms. The maximum absolute atomic E-state index is 11.5. The van der Waals surface area contributed by atoms with E-state index in [1.54, 1.807) is 0 Å². The van der Waals surface area contributed by atoms with Crippen LogP contribution in [0.1, 0.15) is 51.4 Å². The third-order valence-corrected chi connectivity index (χ3v) is 6.19. The van der Waals surface area contributed by atoms with E-state index < -0.39 is 9.84 Å². The molecule has 3 nitrogen and oxygen atoms in total. The second-order valence-electron chi connectivity index (χ2n) is 5.99. The van der Waals surface area contributed by atoms with Crippen molar-refractivity contribution in [2.24, 2.45) is 5.92 Å². The van der Waals surface area contributed by atoms with Crippen molar-refractivity contribution < 1.29 is 8.42 Å². The molecule has 18 heavy (non-hydrogen) atoms. The summed E-state index contributed by atoms with van der Waals surface area (Å²) in [6, 6.07) is 0. The van der Waals surface area contributed by atoms with E-state index in [9.17, 15) is 8.42 Å². The number of hydrogen-bond acceptors (Lipinski definition) is 3. The van der Waals surface area contributed by atoms with E-state index >= 15 is 0 Å². The van der Waals surface area contributed by atoms with Crippen molar-refractivity contribution in [1.82, 2.24) is 4.90 Å². The Morgan fingerprint density at radius 2 is 1.61 bits per heavy atom. The highest BCUT2D eigenvalue weighted by Crippen LogP contribution is 2.25. The van der Waals surface area contributed by atoms with Gasteiger partial charge in [0.15, 0.2) is 9.84 Å². The Labute approximate surface area is 112 Å². The van der Waals surface area contributed by atoms with Crippen LogP contribution in [-0.4, -0.2) is 44.5 Å². The lowest BCUT2D eigenvalue weighted by Gasteiger charge is -2.22. The third-order valence-electron chi connectivity index (χ3n) is 4.48. The Kier molecular flexibility index (Phi) is 5.49. The molecule has 0 spiro atoms. The Bertz CT molecular complexity index is 332. The maximum atomic E-state index is 11.5. The summed E-state index contributed by atoms with van der Waals surface area (Å²) in [7, 11) is -2.74. The van der Waals surface area contributed by atoms with Crippen LogP contribution in [-0.2, 0) is 9.84 Å². The number of sulfone groups is 1. The summed E-state index contributed by atoms with van der Waals surface area (Å²) < 4.78 is 23.1. The van der Waals surface area contributed by atoms with E-state index in [2.05, 4.69) is 4.90 Å². The molecule has 1 heterocycles. The summed E-state index contributed by atoms with van der Waals surface area (Å²) in [5, 5.41) is 0. The summed E-state index contributed by atoms with van der Waals surface area (Å²) in [4.78, 5) is 2.37. The molecule has 0 amide bonds. The Balaban J connectivity index is 1.72. The van der Waals surface area contributed by atoms with Gasteiger partial charge in [-0.1, -0.05) is 38.5 Å². The zero-order valence-corrected chi connectivity index (χ0v) is 12.3. The maximum Gasteiger partial charge on any atom is 0.151 e. The minimum Gasteiger partial charge on any atom is -0.302 e. The minimum atomic E-state index is -2.74. The number of hydrogen-bond donors (Lipinski definition) is 0. The molecule has 0 N–H and O–H groups in total. The molecule has 0 aromatic heterocycles. The van der Waals surface area contributed by atoms with Crippen molar-refractivity contribution in [3.05, 3.63) is 0 Å². The van der Waals surface area contributed by atoms with Crippen LogP contribution in [0.2, 0.25) is 0 Å². The zero-order valence-electron chi connectivity index (χ0n) is 11.4. The average molecular weight is 273 g/mol. The topological polar surface area (TPSA) is 37.4 Å². The Hall–Kier alpha value is -0.0900. The van der Waals surface area contributed by atoms with Crippen molar-refractivity contribution >= 4 is 9.84 Å². The number of nitrogens with zero attached hydrogens (tertiary/aromatic N) is 1. The van der Waals surface area contributed by atoms with Gasteiger partial charge in [0.05, 0.1) is 11.5 Å². The smallest absolute Gasteiger partial charge is 0.151 e. The molecule has 106 valence electrons. The third kappa shape index (κ3) is 4.88. The summed E-state index contributed by atoms with van der Waals surface area (Å²) >= 11 is 0. The first-order chi connectivity index (χ1) is 8.66. The van der Waals surface area contributed by atoms with Crippen LogP contribution in [0.4, 0.5) is 0 Å². The predicted molar refractivity (Wildman–Crippen MR) is 75.5 cm³/mol. The zero-order chi connectivity index (χ0) is 12.8. The van der Waals surface area contributed by atoms with Crippen molar-refractivity contribution in [1.29, 1.82) is 0 Å². The lowest BCUT2D eigenvalue weighted by molar-refractivity contribution is 0.260. The quantitative estimate of drug-likeness (QED) is 0.741. The monoisotopic (exact) mass is 273 g/mol. The molecule has 0 radical (unpaired) electrons. The Morgan fingerprint density at radius 3 is 2.33 bits per heavy atom. The van der Waals surface area contributed by atoms with Gasteiger partial charge in [0.25, 0.3) is 0 Å². The van der Waals surface area contributed by atoms with E-state index in [-0.39, 0.29) is 0 Å². The molecule has 1 saturated carbocycles.